The molecule has 24 heavy (non-hydrogen) atoms. The first-order chi connectivity index (χ1) is 11.5. The highest BCUT2D eigenvalue weighted by Crippen LogP contribution is 2.16. The van der Waals surface area contributed by atoms with Crippen molar-refractivity contribution in [2.75, 3.05) is 11.9 Å². The quantitative estimate of drug-likeness (QED) is 0.381. The average molecular weight is 326 g/mol. The van der Waals surface area contributed by atoms with Gasteiger partial charge in [-0.05, 0) is 17.7 Å². The fourth-order valence-corrected chi connectivity index (χ4v) is 1.81. The summed E-state index contributed by atoms with van der Waals surface area (Å²) in [5.74, 6) is -1.25. The fraction of sp³-hybridized carbons (Fsp3) is 0.0588. The first kappa shape index (κ1) is 16.9. The van der Waals surface area contributed by atoms with Crippen molar-refractivity contribution in [1.29, 1.82) is 0 Å². The predicted octanol–water partition coefficient (Wildman–Crippen LogP) is 2.79. The highest BCUT2D eigenvalue weighted by molar-refractivity contribution is 5.94. The van der Waals surface area contributed by atoms with Gasteiger partial charge in [0.2, 0.25) is 0 Å². The van der Waals surface area contributed by atoms with E-state index >= 15 is 0 Å². The largest absolute Gasteiger partial charge is 0.452 e. The molecule has 0 aliphatic heterocycles. The molecule has 0 spiro atoms. The minimum atomic E-state index is -0.659. The monoisotopic (exact) mass is 326 g/mol. The lowest BCUT2D eigenvalue weighted by atomic mass is 10.2. The molecular weight excluding hydrogens is 312 g/mol. The number of rotatable bonds is 6. The number of ether oxygens (including phenoxy) is 1. The van der Waals surface area contributed by atoms with Crippen LogP contribution in [0.3, 0.4) is 0 Å². The molecule has 1 amide bonds. The Kier molecular flexibility index (Phi) is 5.79. The van der Waals surface area contributed by atoms with Crippen LogP contribution in [0.25, 0.3) is 6.08 Å². The number of carbonyl (C=O) groups is 2. The molecule has 2 rings (SSSR count). The zero-order chi connectivity index (χ0) is 17.4. The third kappa shape index (κ3) is 5.38. The number of nitro benzene ring substituents is 1. The molecule has 0 saturated heterocycles. The summed E-state index contributed by atoms with van der Waals surface area (Å²) in [6.45, 7) is -0.485. The third-order valence-electron chi connectivity index (χ3n) is 2.90. The van der Waals surface area contributed by atoms with Gasteiger partial charge in [-0.1, -0.05) is 36.4 Å². The molecule has 0 saturated carbocycles. The highest BCUT2D eigenvalue weighted by Gasteiger charge is 2.09. The highest BCUT2D eigenvalue weighted by atomic mass is 16.6. The number of non-ortho nitro benzene ring substituents is 1. The Bertz CT molecular complexity index is 772. The number of anilines is 1. The van der Waals surface area contributed by atoms with E-state index in [-0.39, 0.29) is 11.4 Å². The van der Waals surface area contributed by atoms with Crippen molar-refractivity contribution in [3.63, 3.8) is 0 Å². The number of nitro groups is 1. The molecule has 0 radical (unpaired) electrons. The van der Waals surface area contributed by atoms with Crippen LogP contribution in [-0.4, -0.2) is 23.4 Å². The molecule has 122 valence electrons. The molecule has 0 bridgehead atoms. The van der Waals surface area contributed by atoms with Crippen LogP contribution in [0.15, 0.2) is 60.7 Å². The van der Waals surface area contributed by atoms with E-state index in [4.69, 9.17) is 4.74 Å². The lowest BCUT2D eigenvalue weighted by Crippen LogP contribution is -2.20. The molecule has 0 aromatic heterocycles. The van der Waals surface area contributed by atoms with Gasteiger partial charge in [0.15, 0.2) is 6.61 Å². The van der Waals surface area contributed by atoms with E-state index in [0.717, 1.165) is 5.56 Å². The Morgan fingerprint density at radius 3 is 2.58 bits per heavy atom. The zero-order valence-corrected chi connectivity index (χ0v) is 12.5. The molecule has 0 unspecified atom stereocenters. The molecular formula is C17H14N2O5. The molecule has 1 N–H and O–H groups in total. The molecule has 2 aromatic carbocycles. The van der Waals surface area contributed by atoms with Crippen LogP contribution in [0, 0.1) is 10.1 Å². The van der Waals surface area contributed by atoms with Gasteiger partial charge >= 0.3 is 5.97 Å². The first-order valence-electron chi connectivity index (χ1n) is 6.99. The molecule has 7 heteroatoms. The van der Waals surface area contributed by atoms with Crippen LogP contribution in [0.4, 0.5) is 11.4 Å². The van der Waals surface area contributed by atoms with E-state index < -0.39 is 23.4 Å². The minimum Gasteiger partial charge on any atom is -0.452 e. The van der Waals surface area contributed by atoms with Gasteiger partial charge in [-0.2, -0.15) is 0 Å². The Balaban J connectivity index is 1.82. The average Bonchev–Trinajstić information content (AvgIpc) is 2.59. The summed E-state index contributed by atoms with van der Waals surface area (Å²) in [7, 11) is 0. The zero-order valence-electron chi connectivity index (χ0n) is 12.5. The number of benzene rings is 2. The van der Waals surface area contributed by atoms with Crippen molar-refractivity contribution in [2.45, 2.75) is 0 Å². The molecule has 0 atom stereocenters. The number of hydrogen-bond donors (Lipinski definition) is 1. The second kappa shape index (κ2) is 8.23. The van der Waals surface area contributed by atoms with Gasteiger partial charge in [0, 0.05) is 23.9 Å². The van der Waals surface area contributed by atoms with Crippen LogP contribution in [-0.2, 0) is 14.3 Å². The van der Waals surface area contributed by atoms with Crippen molar-refractivity contribution in [1.82, 2.24) is 0 Å². The second-order valence-corrected chi connectivity index (χ2v) is 4.71. The van der Waals surface area contributed by atoms with Crippen LogP contribution >= 0.6 is 0 Å². The number of carbonyl (C=O) groups excluding carboxylic acids is 2. The number of esters is 1. The van der Waals surface area contributed by atoms with Crippen molar-refractivity contribution < 1.29 is 19.2 Å². The van der Waals surface area contributed by atoms with Gasteiger partial charge in [0.1, 0.15) is 0 Å². The number of hydrogen-bond acceptors (Lipinski definition) is 5. The van der Waals surface area contributed by atoms with E-state index in [0.29, 0.717) is 0 Å². The number of nitrogens with zero attached hydrogens (tertiary/aromatic N) is 1. The maximum absolute atomic E-state index is 11.7. The number of nitrogens with one attached hydrogen (secondary N) is 1. The lowest BCUT2D eigenvalue weighted by molar-refractivity contribution is -0.384. The van der Waals surface area contributed by atoms with Crippen molar-refractivity contribution in [3.05, 3.63) is 76.4 Å². The molecule has 0 aliphatic rings. The minimum absolute atomic E-state index is 0.143. The first-order valence-corrected chi connectivity index (χ1v) is 6.99. The Morgan fingerprint density at radius 1 is 1.12 bits per heavy atom. The van der Waals surface area contributed by atoms with Crippen molar-refractivity contribution in [2.24, 2.45) is 0 Å². The summed E-state index contributed by atoms with van der Waals surface area (Å²) in [5.41, 5.74) is 0.941. The molecule has 0 heterocycles. The van der Waals surface area contributed by atoms with E-state index in [2.05, 4.69) is 5.32 Å². The Labute approximate surface area is 137 Å². The SMILES string of the molecule is O=C(COC(=O)/C=C/c1ccccc1)Nc1cccc([N+](=O)[O-])c1. The Hall–Kier alpha value is -3.48. The van der Waals surface area contributed by atoms with Gasteiger partial charge in [-0.25, -0.2) is 4.79 Å². The van der Waals surface area contributed by atoms with Crippen molar-refractivity contribution in [3.8, 4) is 0 Å². The normalized spacial score (nSPS) is 10.3. The fourth-order valence-electron chi connectivity index (χ4n) is 1.81. The predicted molar refractivity (Wildman–Crippen MR) is 88.2 cm³/mol. The molecule has 7 nitrogen and oxygen atoms in total. The van der Waals surface area contributed by atoms with Crippen LogP contribution in [0.2, 0.25) is 0 Å². The molecule has 0 aliphatic carbocycles. The van der Waals surface area contributed by atoms with Gasteiger partial charge < -0.3 is 10.1 Å². The maximum atomic E-state index is 11.7. The topological polar surface area (TPSA) is 98.5 Å². The standard InChI is InChI=1S/C17H14N2O5/c20-16(18-14-7-4-8-15(11-14)19(22)23)12-24-17(21)10-9-13-5-2-1-3-6-13/h1-11H,12H2,(H,18,20)/b10-9+. The Morgan fingerprint density at radius 2 is 1.88 bits per heavy atom. The lowest BCUT2D eigenvalue weighted by Gasteiger charge is -2.05. The summed E-state index contributed by atoms with van der Waals surface area (Å²) in [6, 6.07) is 14.6. The molecule has 2 aromatic rings. The van der Waals surface area contributed by atoms with E-state index in [1.54, 1.807) is 6.08 Å². The van der Waals surface area contributed by atoms with E-state index in [1.807, 2.05) is 30.3 Å². The van der Waals surface area contributed by atoms with Crippen molar-refractivity contribution >= 4 is 29.3 Å². The van der Waals surface area contributed by atoms with E-state index in [9.17, 15) is 19.7 Å². The van der Waals surface area contributed by atoms with Gasteiger partial charge in [-0.3, -0.25) is 14.9 Å². The summed E-state index contributed by atoms with van der Waals surface area (Å²) in [6.07, 6.45) is 2.79. The number of amides is 1. The van der Waals surface area contributed by atoms with Crippen LogP contribution in [0.1, 0.15) is 5.56 Å². The second-order valence-electron chi connectivity index (χ2n) is 4.71. The van der Waals surface area contributed by atoms with Gasteiger partial charge in [0.05, 0.1) is 4.92 Å². The molecule has 0 fully saturated rings. The maximum Gasteiger partial charge on any atom is 0.331 e. The van der Waals surface area contributed by atoms with Gasteiger partial charge in [0.25, 0.3) is 11.6 Å². The van der Waals surface area contributed by atoms with E-state index in [1.165, 1.54) is 30.3 Å². The summed E-state index contributed by atoms with van der Waals surface area (Å²) in [4.78, 5) is 33.3. The van der Waals surface area contributed by atoms with Crippen LogP contribution in [0.5, 0.6) is 0 Å². The van der Waals surface area contributed by atoms with Crippen LogP contribution < -0.4 is 5.32 Å². The third-order valence-corrected chi connectivity index (χ3v) is 2.90. The summed E-state index contributed by atoms with van der Waals surface area (Å²) in [5, 5.41) is 13.1. The van der Waals surface area contributed by atoms with Gasteiger partial charge in [-0.15, -0.1) is 0 Å². The summed E-state index contributed by atoms with van der Waals surface area (Å²) >= 11 is 0. The smallest absolute Gasteiger partial charge is 0.331 e. The summed E-state index contributed by atoms with van der Waals surface area (Å²) < 4.78 is 4.80.